The van der Waals surface area contributed by atoms with Crippen LogP contribution in [-0.2, 0) is 0 Å². The van der Waals surface area contributed by atoms with Crippen LogP contribution in [0.2, 0.25) is 6.32 Å². The Kier molecular flexibility index (Phi) is 7.98. The molecule has 0 radical (unpaired) electrons. The highest BCUT2D eigenvalue weighted by Crippen LogP contribution is 2.17. The molecule has 0 aliphatic carbocycles. The Balaban J connectivity index is 0.000000485. The minimum absolute atomic E-state index is 0.179. The van der Waals surface area contributed by atoms with Crippen LogP contribution in [0.3, 0.4) is 0 Å². The van der Waals surface area contributed by atoms with Gasteiger partial charge in [0.05, 0.1) is 6.33 Å². The van der Waals surface area contributed by atoms with Crippen LogP contribution in [0.25, 0.3) is 0 Å². The van der Waals surface area contributed by atoms with Crippen LogP contribution in [-0.4, -0.2) is 22.9 Å². The summed E-state index contributed by atoms with van der Waals surface area (Å²) in [4.78, 5) is 6.42. The molecule has 0 atom stereocenters. The van der Waals surface area contributed by atoms with Gasteiger partial charge in [-0.05, 0) is 30.7 Å². The molecule has 0 aliphatic heterocycles. The van der Waals surface area contributed by atoms with Crippen LogP contribution in [0.15, 0.2) is 79.4 Å². The highest BCUT2D eigenvalue weighted by molar-refractivity contribution is 6.85. The maximum atomic E-state index is 13.4. The lowest BCUT2D eigenvalue weighted by Crippen LogP contribution is -2.42. The second kappa shape index (κ2) is 10.4. The molecule has 0 amide bonds. The van der Waals surface area contributed by atoms with E-state index in [1.165, 1.54) is 24.3 Å². The molecule has 28 heavy (non-hydrogen) atoms. The minimum atomic E-state index is -4.34. The topological polar surface area (TPSA) is 28.7 Å². The first-order valence-corrected chi connectivity index (χ1v) is 8.53. The van der Waals surface area contributed by atoms with Crippen LogP contribution in [0.5, 0.6) is 0 Å². The fraction of sp³-hybridized carbons (Fsp3) is 0.150. The third-order valence-corrected chi connectivity index (χ3v) is 3.86. The van der Waals surface area contributed by atoms with E-state index in [1.54, 1.807) is 43.0 Å². The first-order chi connectivity index (χ1) is 13.3. The predicted molar refractivity (Wildman–Crippen MR) is 101 cm³/mol. The summed E-state index contributed by atoms with van der Waals surface area (Å²) in [6.07, 6.45) is 2.53. The molecule has 0 bridgehead atoms. The van der Waals surface area contributed by atoms with Crippen molar-refractivity contribution < 1.29 is 22.0 Å². The van der Waals surface area contributed by atoms with Crippen LogP contribution in [0.1, 0.15) is 6.42 Å². The van der Waals surface area contributed by atoms with E-state index in [0.29, 0.717) is 11.8 Å². The van der Waals surface area contributed by atoms with Gasteiger partial charge in [0.2, 0.25) is 6.71 Å². The lowest BCUT2D eigenvalue weighted by molar-refractivity contribution is -0.0800. The van der Waals surface area contributed by atoms with E-state index in [-0.39, 0.29) is 19.2 Å². The smallest absolute Gasteiger partial charge is 0.351 e. The fourth-order valence-electron chi connectivity index (χ4n) is 2.64. The van der Waals surface area contributed by atoms with Crippen LogP contribution in [0.4, 0.5) is 22.0 Å². The first-order valence-electron chi connectivity index (χ1n) is 8.53. The number of hydrogen-bond acceptors (Lipinski definition) is 1. The molecular formula is C20H18BF5N2. The molecule has 0 saturated heterocycles. The number of hydrogen-bond donors (Lipinski definition) is 1. The Bertz CT molecular complexity index is 829. The molecule has 2 nitrogen and oxygen atoms in total. The van der Waals surface area contributed by atoms with Gasteiger partial charge in [-0.1, -0.05) is 47.6 Å². The Morgan fingerprint density at radius 2 is 1.71 bits per heavy atom. The van der Waals surface area contributed by atoms with Crippen molar-refractivity contribution in [2.24, 2.45) is 0 Å². The predicted octanol–water partition coefficient (Wildman–Crippen LogP) is 4.49. The molecule has 0 unspecified atom stereocenters. The summed E-state index contributed by atoms with van der Waals surface area (Å²) >= 11 is 0. The number of nitrogens with zero attached hydrogens (tertiary/aromatic N) is 1. The van der Waals surface area contributed by atoms with Crippen molar-refractivity contribution in [3.63, 3.8) is 0 Å². The monoisotopic (exact) mass is 392 g/mol. The van der Waals surface area contributed by atoms with E-state index in [2.05, 4.69) is 9.97 Å². The molecule has 3 aromatic rings. The zero-order valence-corrected chi connectivity index (χ0v) is 14.8. The van der Waals surface area contributed by atoms with E-state index in [9.17, 15) is 22.0 Å². The fourth-order valence-corrected chi connectivity index (χ4v) is 2.64. The van der Waals surface area contributed by atoms with E-state index in [0.717, 1.165) is 11.5 Å². The number of imidazole rings is 1. The van der Waals surface area contributed by atoms with Gasteiger partial charge in [-0.3, -0.25) is 0 Å². The van der Waals surface area contributed by atoms with Crippen molar-refractivity contribution >= 4 is 17.6 Å². The summed E-state index contributed by atoms with van der Waals surface area (Å²) in [7, 11) is 0. The number of halogens is 5. The molecule has 0 aliphatic rings. The molecule has 2 aromatic carbocycles. The number of H-pyrrole nitrogens is 1. The SMILES string of the molecule is Fc1ccc(B(CCC=CC(F)(F)F)c2cccc(F)c2)cc1.c1c[nH]cn1. The highest BCUT2D eigenvalue weighted by atomic mass is 19.4. The van der Waals surface area contributed by atoms with Crippen molar-refractivity contribution in [3.8, 4) is 0 Å². The van der Waals surface area contributed by atoms with E-state index in [4.69, 9.17) is 0 Å². The van der Waals surface area contributed by atoms with Gasteiger partial charge < -0.3 is 4.98 Å². The number of benzene rings is 2. The average Bonchev–Trinajstić information content (AvgIpc) is 3.22. The van der Waals surface area contributed by atoms with Crippen molar-refractivity contribution in [3.05, 3.63) is 91.0 Å². The summed E-state index contributed by atoms with van der Waals surface area (Å²) in [6, 6.07) is 11.6. The Morgan fingerprint density at radius 1 is 0.964 bits per heavy atom. The summed E-state index contributed by atoms with van der Waals surface area (Å²) in [5, 5.41) is 0. The van der Waals surface area contributed by atoms with Gasteiger partial charge in [-0.2, -0.15) is 13.2 Å². The molecule has 0 fully saturated rings. The largest absolute Gasteiger partial charge is 0.409 e. The van der Waals surface area contributed by atoms with Crippen molar-refractivity contribution in [2.45, 2.75) is 18.9 Å². The lowest BCUT2D eigenvalue weighted by atomic mass is 9.38. The molecule has 1 aromatic heterocycles. The maximum Gasteiger partial charge on any atom is 0.409 e. The number of rotatable bonds is 5. The molecule has 0 saturated carbocycles. The Morgan fingerprint density at radius 3 is 2.25 bits per heavy atom. The normalized spacial score (nSPS) is 11.2. The first kappa shape index (κ1) is 21.4. The molecule has 8 heteroatoms. The van der Waals surface area contributed by atoms with Gasteiger partial charge in [0.25, 0.3) is 0 Å². The van der Waals surface area contributed by atoms with Gasteiger partial charge in [0.15, 0.2) is 0 Å². The van der Waals surface area contributed by atoms with Crippen molar-refractivity contribution in [1.29, 1.82) is 0 Å². The van der Waals surface area contributed by atoms with E-state index >= 15 is 0 Å². The molecule has 1 heterocycles. The third kappa shape index (κ3) is 7.78. The van der Waals surface area contributed by atoms with Gasteiger partial charge in [-0.25, -0.2) is 13.8 Å². The van der Waals surface area contributed by atoms with E-state index < -0.39 is 17.8 Å². The molecule has 0 spiro atoms. The number of nitrogens with one attached hydrogen (secondary N) is 1. The summed E-state index contributed by atoms with van der Waals surface area (Å²) < 4.78 is 62.9. The van der Waals surface area contributed by atoms with Gasteiger partial charge in [-0.15, -0.1) is 0 Å². The third-order valence-electron chi connectivity index (χ3n) is 3.86. The van der Waals surface area contributed by atoms with Gasteiger partial charge in [0.1, 0.15) is 11.6 Å². The van der Waals surface area contributed by atoms with Crippen LogP contribution >= 0.6 is 0 Å². The molecule has 3 rings (SSSR count). The van der Waals surface area contributed by atoms with Crippen LogP contribution < -0.4 is 10.9 Å². The van der Waals surface area contributed by atoms with Crippen molar-refractivity contribution in [1.82, 2.24) is 9.97 Å². The quantitative estimate of drug-likeness (QED) is 0.387. The second-order valence-corrected chi connectivity index (χ2v) is 5.94. The number of alkyl halides is 3. The average molecular weight is 392 g/mol. The summed E-state index contributed by atoms with van der Waals surface area (Å²) in [5.74, 6) is -0.816. The second-order valence-electron chi connectivity index (χ2n) is 5.94. The minimum Gasteiger partial charge on any atom is -0.351 e. The summed E-state index contributed by atoms with van der Waals surface area (Å²) in [5.41, 5.74) is 1.38. The maximum absolute atomic E-state index is 13.4. The molecule has 1 N–H and O–H groups in total. The van der Waals surface area contributed by atoms with Crippen LogP contribution in [0, 0.1) is 11.6 Å². The number of allylic oxidation sites excluding steroid dienone is 2. The molecular weight excluding hydrogens is 374 g/mol. The van der Waals surface area contributed by atoms with Gasteiger partial charge >= 0.3 is 6.18 Å². The summed E-state index contributed by atoms with van der Waals surface area (Å²) in [6.45, 7) is -0.302. The Labute approximate surface area is 160 Å². The number of aromatic nitrogens is 2. The zero-order valence-electron chi connectivity index (χ0n) is 14.8. The Hall–Kier alpha value is -2.90. The van der Waals surface area contributed by atoms with Crippen molar-refractivity contribution in [2.75, 3.05) is 0 Å². The highest BCUT2D eigenvalue weighted by Gasteiger charge is 2.22. The van der Waals surface area contributed by atoms with E-state index in [1.807, 2.05) is 0 Å². The number of aromatic amines is 1. The molecule has 146 valence electrons. The standard InChI is InChI=1S/C17H14BF5.C3H4N2/c19-15-8-6-13(7-9-15)18(11-2-1-10-17(21,22)23)14-4-3-5-16(20)12-14;1-2-5-3-4-1/h1,3-10,12H,2,11H2;1-3H,(H,4,5). The lowest BCUT2D eigenvalue weighted by Gasteiger charge is -2.14. The zero-order chi connectivity index (χ0) is 20.4. The van der Waals surface area contributed by atoms with Gasteiger partial charge in [0, 0.05) is 18.5 Å².